The van der Waals surface area contributed by atoms with Crippen LogP contribution in [0.5, 0.6) is 0 Å². The summed E-state index contributed by atoms with van der Waals surface area (Å²) in [6, 6.07) is 10.4. The van der Waals surface area contributed by atoms with Gasteiger partial charge in [-0.1, -0.05) is 36.7 Å². The standard InChI is InChI=1S/C20H23ClF3N/c1-5-19(15-8-7-13(3)14(4)11-15)25(6-2)16-9-10-18(21)17(12-16)20(22,23)24/h7-12,19H,5-6H2,1-4H3. The molecule has 0 N–H and O–H groups in total. The summed E-state index contributed by atoms with van der Waals surface area (Å²) in [6.07, 6.45) is -3.67. The topological polar surface area (TPSA) is 3.24 Å². The lowest BCUT2D eigenvalue weighted by atomic mass is 9.97. The smallest absolute Gasteiger partial charge is 0.365 e. The molecule has 0 amide bonds. The summed E-state index contributed by atoms with van der Waals surface area (Å²) in [5, 5.41) is -0.272. The molecule has 0 aliphatic rings. The molecule has 1 atom stereocenters. The van der Waals surface area contributed by atoms with Crippen molar-refractivity contribution in [1.29, 1.82) is 0 Å². The Labute approximate surface area is 152 Å². The normalized spacial score (nSPS) is 13.0. The monoisotopic (exact) mass is 369 g/mol. The zero-order chi connectivity index (χ0) is 18.8. The minimum absolute atomic E-state index is 0.00607. The molecule has 0 aliphatic heterocycles. The number of anilines is 1. The van der Waals surface area contributed by atoms with E-state index in [-0.39, 0.29) is 11.1 Å². The summed E-state index contributed by atoms with van der Waals surface area (Å²) in [5.74, 6) is 0. The van der Waals surface area contributed by atoms with Gasteiger partial charge in [0.15, 0.2) is 0 Å². The number of benzene rings is 2. The Hall–Kier alpha value is -1.68. The molecule has 1 nitrogen and oxygen atoms in total. The molecule has 2 aromatic carbocycles. The van der Waals surface area contributed by atoms with Gasteiger partial charge in [-0.3, -0.25) is 0 Å². The number of rotatable bonds is 5. The third-order valence-corrected chi connectivity index (χ3v) is 4.94. The van der Waals surface area contributed by atoms with Crippen LogP contribution in [0.3, 0.4) is 0 Å². The van der Waals surface area contributed by atoms with Gasteiger partial charge >= 0.3 is 6.18 Å². The quantitative estimate of drug-likeness (QED) is 0.551. The average molecular weight is 370 g/mol. The number of nitrogens with zero attached hydrogens (tertiary/aromatic N) is 1. The van der Waals surface area contributed by atoms with Gasteiger partial charge in [-0.05, 0) is 62.1 Å². The predicted octanol–water partition coefficient (Wildman–Crippen LogP) is 6.95. The van der Waals surface area contributed by atoms with Gasteiger partial charge in [0.1, 0.15) is 0 Å². The summed E-state index contributed by atoms with van der Waals surface area (Å²) in [5.41, 5.74) is 3.23. The minimum atomic E-state index is -4.46. The lowest BCUT2D eigenvalue weighted by molar-refractivity contribution is -0.137. The van der Waals surface area contributed by atoms with Gasteiger partial charge < -0.3 is 4.90 Å². The molecule has 0 aliphatic carbocycles. The minimum Gasteiger partial charge on any atom is -0.365 e. The molecule has 0 saturated carbocycles. The highest BCUT2D eigenvalue weighted by Gasteiger charge is 2.34. The zero-order valence-corrected chi connectivity index (χ0v) is 15.7. The van der Waals surface area contributed by atoms with Crippen molar-refractivity contribution in [3.8, 4) is 0 Å². The number of alkyl halides is 3. The van der Waals surface area contributed by atoms with Crippen LogP contribution in [0.15, 0.2) is 36.4 Å². The summed E-state index contributed by atoms with van der Waals surface area (Å²) in [4.78, 5) is 2.00. The SMILES string of the molecule is CCC(c1ccc(C)c(C)c1)N(CC)c1ccc(Cl)c(C(F)(F)F)c1. The average Bonchev–Trinajstić information content (AvgIpc) is 2.55. The van der Waals surface area contributed by atoms with Crippen molar-refractivity contribution in [3.63, 3.8) is 0 Å². The van der Waals surface area contributed by atoms with Gasteiger partial charge in [0, 0.05) is 12.2 Å². The van der Waals surface area contributed by atoms with Gasteiger partial charge in [0.2, 0.25) is 0 Å². The van der Waals surface area contributed by atoms with Crippen LogP contribution in [-0.4, -0.2) is 6.54 Å². The molecule has 5 heteroatoms. The number of aryl methyl sites for hydroxylation is 2. The van der Waals surface area contributed by atoms with Crippen molar-refractivity contribution < 1.29 is 13.2 Å². The highest BCUT2D eigenvalue weighted by molar-refractivity contribution is 6.31. The van der Waals surface area contributed by atoms with Crippen molar-refractivity contribution >= 4 is 17.3 Å². The van der Waals surface area contributed by atoms with E-state index in [2.05, 4.69) is 18.2 Å². The second-order valence-corrected chi connectivity index (χ2v) is 6.62. The molecule has 0 fully saturated rings. The van der Waals surface area contributed by atoms with Gasteiger partial charge in [0.05, 0.1) is 16.6 Å². The molecule has 0 heterocycles. The van der Waals surface area contributed by atoms with E-state index in [9.17, 15) is 13.2 Å². The van der Waals surface area contributed by atoms with Gasteiger partial charge in [-0.25, -0.2) is 0 Å². The fraction of sp³-hybridized carbons (Fsp3) is 0.400. The largest absolute Gasteiger partial charge is 0.417 e. The van der Waals surface area contributed by atoms with Crippen molar-refractivity contribution in [2.24, 2.45) is 0 Å². The molecule has 0 saturated heterocycles. The maximum Gasteiger partial charge on any atom is 0.417 e. The van der Waals surface area contributed by atoms with Crippen LogP contribution >= 0.6 is 11.6 Å². The number of halogens is 4. The fourth-order valence-electron chi connectivity index (χ4n) is 3.10. The van der Waals surface area contributed by atoms with E-state index in [1.165, 1.54) is 17.2 Å². The molecule has 0 radical (unpaired) electrons. The van der Waals surface area contributed by atoms with Crippen LogP contribution in [0.25, 0.3) is 0 Å². The van der Waals surface area contributed by atoms with Crippen LogP contribution < -0.4 is 4.90 Å². The Morgan fingerprint density at radius 3 is 2.20 bits per heavy atom. The highest BCUT2D eigenvalue weighted by Crippen LogP contribution is 2.39. The fourth-order valence-corrected chi connectivity index (χ4v) is 3.32. The molecule has 2 aromatic rings. The van der Waals surface area contributed by atoms with Crippen LogP contribution in [0, 0.1) is 13.8 Å². The van der Waals surface area contributed by atoms with E-state index >= 15 is 0 Å². The predicted molar refractivity (Wildman–Crippen MR) is 98.4 cm³/mol. The summed E-state index contributed by atoms with van der Waals surface area (Å²) >= 11 is 5.76. The van der Waals surface area contributed by atoms with Crippen LogP contribution in [0.4, 0.5) is 18.9 Å². The second-order valence-electron chi connectivity index (χ2n) is 6.22. The lowest BCUT2D eigenvalue weighted by Gasteiger charge is -2.33. The van der Waals surface area contributed by atoms with E-state index in [1.807, 2.05) is 32.6 Å². The Morgan fingerprint density at radius 1 is 1.00 bits per heavy atom. The van der Waals surface area contributed by atoms with Gasteiger partial charge in [-0.2, -0.15) is 13.2 Å². The van der Waals surface area contributed by atoms with Crippen LogP contribution in [-0.2, 0) is 6.18 Å². The van der Waals surface area contributed by atoms with Crippen LogP contribution in [0.2, 0.25) is 5.02 Å². The molecular weight excluding hydrogens is 347 g/mol. The zero-order valence-electron chi connectivity index (χ0n) is 14.9. The first kappa shape index (κ1) is 19.6. The van der Waals surface area contributed by atoms with Crippen molar-refractivity contribution in [2.45, 2.75) is 46.3 Å². The first-order chi connectivity index (χ1) is 11.7. The molecule has 0 aromatic heterocycles. The Balaban J connectivity index is 2.48. The Morgan fingerprint density at radius 2 is 1.68 bits per heavy atom. The maximum atomic E-state index is 13.2. The van der Waals surface area contributed by atoms with E-state index in [1.54, 1.807) is 6.07 Å². The first-order valence-electron chi connectivity index (χ1n) is 8.39. The highest BCUT2D eigenvalue weighted by atomic mass is 35.5. The Bertz CT molecular complexity index is 740. The van der Waals surface area contributed by atoms with Crippen molar-refractivity contribution in [1.82, 2.24) is 0 Å². The second kappa shape index (κ2) is 7.69. The van der Waals surface area contributed by atoms with E-state index < -0.39 is 11.7 Å². The summed E-state index contributed by atoms with van der Waals surface area (Å²) in [6.45, 7) is 8.69. The van der Waals surface area contributed by atoms with Crippen LogP contribution in [0.1, 0.15) is 48.6 Å². The third-order valence-electron chi connectivity index (χ3n) is 4.61. The molecule has 0 spiro atoms. The number of hydrogen-bond donors (Lipinski definition) is 0. The summed E-state index contributed by atoms with van der Waals surface area (Å²) < 4.78 is 39.6. The first-order valence-corrected chi connectivity index (χ1v) is 8.77. The van der Waals surface area contributed by atoms with E-state index in [0.717, 1.165) is 18.1 Å². The molecule has 2 rings (SSSR count). The number of hydrogen-bond acceptors (Lipinski definition) is 1. The van der Waals surface area contributed by atoms with Crippen molar-refractivity contribution in [3.05, 3.63) is 63.7 Å². The van der Waals surface area contributed by atoms with Gasteiger partial charge in [-0.15, -0.1) is 0 Å². The van der Waals surface area contributed by atoms with E-state index in [4.69, 9.17) is 11.6 Å². The lowest BCUT2D eigenvalue weighted by Crippen LogP contribution is -2.28. The third kappa shape index (κ3) is 4.30. The molecular formula is C20H23ClF3N. The molecule has 136 valence electrons. The van der Waals surface area contributed by atoms with Crippen molar-refractivity contribution in [2.75, 3.05) is 11.4 Å². The molecule has 25 heavy (non-hydrogen) atoms. The summed E-state index contributed by atoms with van der Waals surface area (Å²) in [7, 11) is 0. The molecule has 0 bridgehead atoms. The molecule has 1 unspecified atom stereocenters. The Kier molecular flexibility index (Phi) is 6.04. The van der Waals surface area contributed by atoms with Gasteiger partial charge in [0.25, 0.3) is 0 Å². The van der Waals surface area contributed by atoms with E-state index in [0.29, 0.717) is 12.2 Å². The maximum absolute atomic E-state index is 13.2.